The lowest BCUT2D eigenvalue weighted by Gasteiger charge is -2.22. The fourth-order valence-corrected chi connectivity index (χ4v) is 2.73. The molecule has 0 saturated carbocycles. The van der Waals surface area contributed by atoms with Crippen LogP contribution in [-0.2, 0) is 16.1 Å². The molecule has 0 atom stereocenters. The van der Waals surface area contributed by atoms with E-state index in [1.54, 1.807) is 6.07 Å². The summed E-state index contributed by atoms with van der Waals surface area (Å²) in [5.41, 5.74) is 3.67. The predicted molar refractivity (Wildman–Crippen MR) is 97.2 cm³/mol. The first-order valence-electron chi connectivity index (χ1n) is 7.73. The first-order chi connectivity index (χ1) is 11.4. The average molecular weight is 345 g/mol. The highest BCUT2D eigenvalue weighted by Gasteiger charge is 2.16. The van der Waals surface area contributed by atoms with Gasteiger partial charge in [0, 0.05) is 24.2 Å². The fourth-order valence-electron chi connectivity index (χ4n) is 2.53. The molecule has 1 N–H and O–H groups in total. The normalized spacial score (nSPS) is 10.3. The molecule has 5 heteroatoms. The maximum absolute atomic E-state index is 12.2. The van der Waals surface area contributed by atoms with Gasteiger partial charge in [-0.1, -0.05) is 35.9 Å². The number of nitrogens with one attached hydrogen (secondary N) is 1. The van der Waals surface area contributed by atoms with Crippen molar-refractivity contribution in [2.45, 2.75) is 27.3 Å². The maximum atomic E-state index is 12.2. The lowest BCUT2D eigenvalue weighted by atomic mass is 10.1. The molecule has 0 bridgehead atoms. The lowest BCUT2D eigenvalue weighted by Crippen LogP contribution is -2.39. The summed E-state index contributed by atoms with van der Waals surface area (Å²) in [7, 11) is 0. The van der Waals surface area contributed by atoms with Gasteiger partial charge >= 0.3 is 0 Å². The number of hydrogen-bond donors (Lipinski definition) is 1. The van der Waals surface area contributed by atoms with Gasteiger partial charge in [0.15, 0.2) is 0 Å². The molecule has 0 radical (unpaired) electrons. The third kappa shape index (κ3) is 4.83. The minimum atomic E-state index is -0.232. The van der Waals surface area contributed by atoms with E-state index >= 15 is 0 Å². The minimum absolute atomic E-state index is 0.0251. The summed E-state index contributed by atoms with van der Waals surface area (Å²) in [5, 5.41) is 3.41. The molecule has 0 fully saturated rings. The molecular formula is C19H21ClN2O2. The second-order valence-corrected chi connectivity index (χ2v) is 6.23. The summed E-state index contributed by atoms with van der Waals surface area (Å²) in [6.45, 7) is 5.69. The van der Waals surface area contributed by atoms with E-state index in [1.165, 1.54) is 11.8 Å². The van der Waals surface area contributed by atoms with Crippen molar-refractivity contribution in [1.82, 2.24) is 5.32 Å². The van der Waals surface area contributed by atoms with Crippen molar-refractivity contribution in [3.8, 4) is 0 Å². The summed E-state index contributed by atoms with van der Waals surface area (Å²) in [5.74, 6) is -0.405. The largest absolute Gasteiger partial charge is 0.350 e. The van der Waals surface area contributed by atoms with Crippen LogP contribution in [0.4, 0.5) is 5.69 Å². The zero-order chi connectivity index (χ0) is 17.7. The highest BCUT2D eigenvalue weighted by molar-refractivity contribution is 6.31. The van der Waals surface area contributed by atoms with Gasteiger partial charge in [0.2, 0.25) is 11.8 Å². The number of anilines is 1. The van der Waals surface area contributed by atoms with Gasteiger partial charge in [-0.2, -0.15) is 0 Å². The Kier molecular flexibility index (Phi) is 5.99. The lowest BCUT2D eigenvalue weighted by molar-refractivity contribution is -0.123. The molecule has 4 nitrogen and oxygen atoms in total. The minimum Gasteiger partial charge on any atom is -0.350 e. The predicted octanol–water partition coefficient (Wildman–Crippen LogP) is 3.63. The standard InChI is InChI=1S/C19H21ClN2O2/c1-13-8-14(2)10-17(9-13)22(15(3)23)12-19(24)21-11-16-6-4-5-7-18(16)20/h4-10H,11-12H2,1-3H3,(H,21,24). The average Bonchev–Trinajstić information content (AvgIpc) is 2.50. The Hall–Kier alpha value is -2.33. The van der Waals surface area contributed by atoms with E-state index in [2.05, 4.69) is 5.32 Å². The van der Waals surface area contributed by atoms with Crippen LogP contribution in [0.1, 0.15) is 23.6 Å². The molecular weight excluding hydrogens is 324 g/mol. The Balaban J connectivity index is 2.06. The zero-order valence-electron chi connectivity index (χ0n) is 14.1. The third-order valence-electron chi connectivity index (χ3n) is 3.63. The molecule has 0 spiro atoms. The Bertz CT molecular complexity index is 739. The van der Waals surface area contributed by atoms with E-state index < -0.39 is 0 Å². The van der Waals surface area contributed by atoms with Crippen molar-refractivity contribution in [2.75, 3.05) is 11.4 Å². The number of hydrogen-bond acceptors (Lipinski definition) is 2. The number of amides is 2. The molecule has 0 aliphatic heterocycles. The molecule has 0 saturated heterocycles. The van der Waals surface area contributed by atoms with Crippen LogP contribution in [0.25, 0.3) is 0 Å². The van der Waals surface area contributed by atoms with Gasteiger partial charge in [-0.15, -0.1) is 0 Å². The number of carbonyl (C=O) groups is 2. The molecule has 2 aromatic carbocycles. The Morgan fingerprint density at radius 2 is 1.71 bits per heavy atom. The van der Waals surface area contributed by atoms with Crippen molar-refractivity contribution in [3.05, 3.63) is 64.2 Å². The third-order valence-corrected chi connectivity index (χ3v) is 4.00. The maximum Gasteiger partial charge on any atom is 0.240 e. The summed E-state index contributed by atoms with van der Waals surface area (Å²) < 4.78 is 0. The van der Waals surface area contributed by atoms with Crippen LogP contribution in [0, 0.1) is 13.8 Å². The number of benzene rings is 2. The quantitative estimate of drug-likeness (QED) is 0.900. The van der Waals surface area contributed by atoms with Crippen LogP contribution in [0.2, 0.25) is 5.02 Å². The smallest absolute Gasteiger partial charge is 0.240 e. The van der Waals surface area contributed by atoms with Crippen LogP contribution in [0.3, 0.4) is 0 Å². The van der Waals surface area contributed by atoms with Crippen molar-refractivity contribution < 1.29 is 9.59 Å². The molecule has 0 heterocycles. The Morgan fingerprint density at radius 3 is 2.29 bits per heavy atom. The van der Waals surface area contributed by atoms with Gasteiger partial charge in [-0.3, -0.25) is 9.59 Å². The van der Waals surface area contributed by atoms with Gasteiger partial charge in [0.05, 0.1) is 0 Å². The van der Waals surface area contributed by atoms with Crippen LogP contribution in [0.5, 0.6) is 0 Å². The second kappa shape index (κ2) is 7.97. The molecule has 0 aliphatic carbocycles. The monoisotopic (exact) mass is 344 g/mol. The van der Waals surface area contributed by atoms with E-state index in [-0.39, 0.29) is 18.4 Å². The van der Waals surface area contributed by atoms with E-state index in [9.17, 15) is 9.59 Å². The number of nitrogens with zero attached hydrogens (tertiary/aromatic N) is 1. The molecule has 126 valence electrons. The SMILES string of the molecule is CC(=O)N(CC(=O)NCc1ccccc1Cl)c1cc(C)cc(C)c1. The second-order valence-electron chi connectivity index (χ2n) is 5.82. The van der Waals surface area contributed by atoms with Gasteiger partial charge in [-0.05, 0) is 48.7 Å². The summed E-state index contributed by atoms with van der Waals surface area (Å²) >= 11 is 6.08. The van der Waals surface area contributed by atoms with E-state index in [4.69, 9.17) is 11.6 Å². The topological polar surface area (TPSA) is 49.4 Å². The van der Waals surface area contributed by atoms with E-state index in [0.29, 0.717) is 11.6 Å². The van der Waals surface area contributed by atoms with E-state index in [0.717, 1.165) is 22.4 Å². The molecule has 2 aromatic rings. The van der Waals surface area contributed by atoms with Crippen LogP contribution in [0.15, 0.2) is 42.5 Å². The molecule has 2 rings (SSSR count). The molecule has 0 aromatic heterocycles. The number of carbonyl (C=O) groups excluding carboxylic acids is 2. The van der Waals surface area contributed by atoms with Gasteiger partial charge < -0.3 is 10.2 Å². The summed E-state index contributed by atoms with van der Waals surface area (Å²) in [6, 6.07) is 13.2. The number of aryl methyl sites for hydroxylation is 2. The Labute approximate surface area is 147 Å². The first-order valence-corrected chi connectivity index (χ1v) is 8.11. The zero-order valence-corrected chi connectivity index (χ0v) is 14.9. The fraction of sp³-hybridized carbons (Fsp3) is 0.263. The molecule has 0 aliphatic rings. The number of rotatable bonds is 5. The van der Waals surface area contributed by atoms with Gasteiger partial charge in [0.1, 0.15) is 6.54 Å². The summed E-state index contributed by atoms with van der Waals surface area (Å²) in [4.78, 5) is 25.7. The highest BCUT2D eigenvalue weighted by atomic mass is 35.5. The molecule has 2 amide bonds. The first kappa shape index (κ1) is 18.0. The van der Waals surface area contributed by atoms with E-state index in [1.807, 2.05) is 50.2 Å². The number of halogens is 1. The molecule has 24 heavy (non-hydrogen) atoms. The summed E-state index contributed by atoms with van der Waals surface area (Å²) in [6.07, 6.45) is 0. The highest BCUT2D eigenvalue weighted by Crippen LogP contribution is 2.19. The van der Waals surface area contributed by atoms with Crippen molar-refractivity contribution in [3.63, 3.8) is 0 Å². The van der Waals surface area contributed by atoms with Crippen molar-refractivity contribution >= 4 is 29.1 Å². The van der Waals surface area contributed by atoms with Crippen molar-refractivity contribution in [1.29, 1.82) is 0 Å². The van der Waals surface area contributed by atoms with Crippen molar-refractivity contribution in [2.24, 2.45) is 0 Å². The Morgan fingerprint density at radius 1 is 1.08 bits per heavy atom. The van der Waals surface area contributed by atoms with Crippen LogP contribution in [-0.4, -0.2) is 18.4 Å². The van der Waals surface area contributed by atoms with Crippen LogP contribution < -0.4 is 10.2 Å². The molecule has 0 unspecified atom stereocenters. The van der Waals surface area contributed by atoms with Gasteiger partial charge in [-0.25, -0.2) is 0 Å². The van der Waals surface area contributed by atoms with Gasteiger partial charge in [0.25, 0.3) is 0 Å². The van der Waals surface area contributed by atoms with Crippen LogP contribution >= 0.6 is 11.6 Å².